The molecule has 0 spiro atoms. The molecule has 0 aromatic heterocycles. The van der Waals surface area contributed by atoms with Gasteiger partial charge in [0.25, 0.3) is 0 Å². The van der Waals surface area contributed by atoms with Crippen molar-refractivity contribution in [3.8, 4) is 6.07 Å². The summed E-state index contributed by atoms with van der Waals surface area (Å²) in [5.74, 6) is 0. The van der Waals surface area contributed by atoms with Crippen LogP contribution in [0.3, 0.4) is 0 Å². The van der Waals surface area contributed by atoms with Gasteiger partial charge in [-0.05, 0) is 29.8 Å². The van der Waals surface area contributed by atoms with Gasteiger partial charge in [0.1, 0.15) is 0 Å². The lowest BCUT2D eigenvalue weighted by Crippen LogP contribution is -2.32. The maximum atomic E-state index is 9.86. The lowest BCUT2D eigenvalue weighted by atomic mass is 10.0. The number of fused-ring (bicyclic) bond motifs is 1. The van der Waals surface area contributed by atoms with E-state index in [4.69, 9.17) is 11.8 Å². The Hall–Kier alpha value is -2.27. The van der Waals surface area contributed by atoms with E-state index in [9.17, 15) is 5.26 Å². The highest BCUT2D eigenvalue weighted by molar-refractivity contribution is 9.10. The number of thioether (sulfide) groups is 1. The molecule has 0 fully saturated rings. The van der Waals surface area contributed by atoms with Crippen LogP contribution in [-0.4, -0.2) is 21.9 Å². The third-order valence-corrected chi connectivity index (χ3v) is 6.99. The summed E-state index contributed by atoms with van der Waals surface area (Å²) in [5.41, 5.74) is 6.94. The van der Waals surface area contributed by atoms with Gasteiger partial charge in [0.2, 0.25) is 0 Å². The number of nitrogens with one attached hydrogen (secondary N) is 1. The van der Waals surface area contributed by atoms with E-state index in [1.807, 2.05) is 72.0 Å². The summed E-state index contributed by atoms with van der Waals surface area (Å²) in [6, 6.07) is 18.4. The van der Waals surface area contributed by atoms with E-state index >= 15 is 0 Å². The van der Waals surface area contributed by atoms with Gasteiger partial charge in [0.15, 0.2) is 5.50 Å². The van der Waals surface area contributed by atoms with Crippen LogP contribution in [0.25, 0.3) is 0 Å². The van der Waals surface area contributed by atoms with Crippen LogP contribution in [0.4, 0.5) is 11.4 Å². The molecule has 2 aromatic rings. The van der Waals surface area contributed by atoms with E-state index in [2.05, 4.69) is 39.6 Å². The molecule has 2 heterocycles. The summed E-state index contributed by atoms with van der Waals surface area (Å²) in [7, 11) is 1.97. The van der Waals surface area contributed by atoms with Crippen LogP contribution in [0.2, 0.25) is 0 Å². The molecule has 2 aromatic carbocycles. The minimum atomic E-state index is -0.129. The van der Waals surface area contributed by atoms with Crippen LogP contribution in [0.15, 0.2) is 77.2 Å². The Bertz CT molecular complexity index is 962. The van der Waals surface area contributed by atoms with Crippen LogP contribution in [0.1, 0.15) is 10.8 Å². The zero-order chi connectivity index (χ0) is 19.7. The molecule has 0 saturated heterocycles. The van der Waals surface area contributed by atoms with E-state index in [1.165, 1.54) is 0 Å². The van der Waals surface area contributed by atoms with Gasteiger partial charge >= 0.3 is 0 Å². The van der Waals surface area contributed by atoms with Gasteiger partial charge in [-0.25, -0.2) is 0 Å². The Kier molecular flexibility index (Phi) is 5.44. The molecule has 0 amide bonds. The molecule has 1 N–H and O–H groups in total. The third kappa shape index (κ3) is 3.68. The van der Waals surface area contributed by atoms with Crippen molar-refractivity contribution in [2.45, 2.75) is 10.7 Å². The number of para-hydroxylation sites is 1. The minimum absolute atomic E-state index is 0.0893. The number of anilines is 2. The Balaban J connectivity index is 1.71. The smallest absolute Gasteiger partial charge is 0.165 e. The first-order chi connectivity index (χ1) is 13.6. The van der Waals surface area contributed by atoms with Crippen molar-refractivity contribution < 1.29 is 0 Å². The number of nitriles is 1. The van der Waals surface area contributed by atoms with Crippen LogP contribution in [0.5, 0.6) is 0 Å². The van der Waals surface area contributed by atoms with Gasteiger partial charge in [0.05, 0.1) is 28.3 Å². The average molecular weight is 475 g/mol. The largest absolute Gasteiger partial charge is 0.350 e. The molecular formula is C20H17BrClN5S. The summed E-state index contributed by atoms with van der Waals surface area (Å²) in [5, 5.41) is 11.6. The molecule has 0 bridgehead atoms. The van der Waals surface area contributed by atoms with E-state index in [0.29, 0.717) is 5.57 Å². The second kappa shape index (κ2) is 8.00. The number of rotatable bonds is 4. The third-order valence-electron chi connectivity index (χ3n) is 4.50. The summed E-state index contributed by atoms with van der Waals surface area (Å²) < 4.78 is 2.61. The fourth-order valence-electron chi connectivity index (χ4n) is 3.14. The first-order valence-electron chi connectivity index (χ1n) is 8.59. The molecule has 8 heteroatoms. The second-order valence-electron chi connectivity index (χ2n) is 6.40. The van der Waals surface area contributed by atoms with Crippen LogP contribution in [-0.2, 0) is 0 Å². The second-order valence-corrected chi connectivity index (χ2v) is 8.87. The highest BCUT2D eigenvalue weighted by Crippen LogP contribution is 2.48. The fraction of sp³-hybridized carbons (Fsp3) is 0.150. The molecule has 0 radical (unpaired) electrons. The summed E-state index contributed by atoms with van der Waals surface area (Å²) in [6.07, 6.45) is 5.61. The predicted octanol–water partition coefficient (Wildman–Crippen LogP) is 5.63. The summed E-state index contributed by atoms with van der Waals surface area (Å²) in [6.45, 7) is 0. The Morgan fingerprint density at radius 3 is 2.64 bits per heavy atom. The summed E-state index contributed by atoms with van der Waals surface area (Å²) in [4.78, 5) is 2.03. The fourth-order valence-corrected chi connectivity index (χ4v) is 5.11. The number of hydrogen-bond donors (Lipinski definition) is 1. The van der Waals surface area contributed by atoms with Crippen molar-refractivity contribution >= 4 is 50.8 Å². The van der Waals surface area contributed by atoms with Gasteiger partial charge < -0.3 is 4.90 Å². The van der Waals surface area contributed by atoms with Gasteiger partial charge in [-0.1, -0.05) is 40.2 Å². The lowest BCUT2D eigenvalue weighted by Gasteiger charge is -2.35. The van der Waals surface area contributed by atoms with Crippen molar-refractivity contribution in [2.24, 2.45) is 0 Å². The molecule has 28 heavy (non-hydrogen) atoms. The van der Waals surface area contributed by atoms with Crippen molar-refractivity contribution in [2.75, 3.05) is 17.5 Å². The SMILES string of the molecule is CN1C=CN(Cl)C1S[C@H]1C(C#N)=CN(Nc2ccccc2)c2cc(Br)ccc21. The van der Waals surface area contributed by atoms with Gasteiger partial charge in [-0.15, -0.1) is 11.8 Å². The van der Waals surface area contributed by atoms with Crippen molar-refractivity contribution in [3.63, 3.8) is 0 Å². The molecule has 0 aliphatic carbocycles. The van der Waals surface area contributed by atoms with E-state index in [0.717, 1.165) is 21.4 Å². The molecule has 4 rings (SSSR count). The first kappa shape index (κ1) is 19.1. The monoisotopic (exact) mass is 473 g/mol. The van der Waals surface area contributed by atoms with E-state index in [1.54, 1.807) is 16.2 Å². The quantitative estimate of drug-likeness (QED) is 0.579. The Labute approximate surface area is 182 Å². The topological polar surface area (TPSA) is 45.5 Å². The number of hydrazine groups is 1. The number of hydrogen-bond acceptors (Lipinski definition) is 6. The number of nitrogens with zero attached hydrogens (tertiary/aromatic N) is 4. The lowest BCUT2D eigenvalue weighted by molar-refractivity contribution is 0.361. The zero-order valence-corrected chi connectivity index (χ0v) is 18.1. The Morgan fingerprint density at radius 2 is 1.96 bits per heavy atom. The van der Waals surface area contributed by atoms with E-state index < -0.39 is 0 Å². The predicted molar refractivity (Wildman–Crippen MR) is 119 cm³/mol. The highest BCUT2D eigenvalue weighted by Gasteiger charge is 2.34. The van der Waals surface area contributed by atoms with Gasteiger partial charge in [-0.3, -0.25) is 14.9 Å². The first-order valence-corrected chi connectivity index (χ1v) is 10.7. The molecule has 0 saturated carbocycles. The normalized spacial score (nSPS) is 20.6. The van der Waals surface area contributed by atoms with Crippen molar-refractivity contribution in [1.82, 2.24) is 9.32 Å². The molecule has 142 valence electrons. The van der Waals surface area contributed by atoms with Gasteiger partial charge in [-0.2, -0.15) is 5.26 Å². The van der Waals surface area contributed by atoms with Crippen LogP contribution in [0, 0.1) is 11.3 Å². The van der Waals surface area contributed by atoms with Crippen molar-refractivity contribution in [3.05, 3.63) is 82.7 Å². The van der Waals surface area contributed by atoms with E-state index in [-0.39, 0.29) is 10.7 Å². The standard InChI is InChI=1S/C20H17BrClN5S/c1-25-9-10-26(22)20(25)28-19-14(12-23)13-27(24-16-5-3-2-4-6-16)18-11-15(21)7-8-17(18)19/h2-11,13,19-20,24H,1H3/t19-,20?/m0/s1. The number of benzene rings is 2. The maximum absolute atomic E-state index is 9.86. The average Bonchev–Trinajstić information content (AvgIpc) is 3.02. The van der Waals surface area contributed by atoms with Crippen LogP contribution < -0.4 is 10.4 Å². The molecule has 5 nitrogen and oxygen atoms in total. The molecule has 2 atom stereocenters. The Morgan fingerprint density at radius 1 is 1.18 bits per heavy atom. The molecular weight excluding hydrogens is 458 g/mol. The number of halogens is 2. The van der Waals surface area contributed by atoms with Crippen molar-refractivity contribution in [1.29, 1.82) is 5.26 Å². The zero-order valence-electron chi connectivity index (χ0n) is 15.0. The highest BCUT2D eigenvalue weighted by atomic mass is 79.9. The summed E-state index contributed by atoms with van der Waals surface area (Å²) >= 11 is 11.5. The maximum Gasteiger partial charge on any atom is 0.165 e. The molecule has 2 aliphatic rings. The van der Waals surface area contributed by atoms with Crippen LogP contribution >= 0.6 is 39.5 Å². The molecule has 2 aliphatic heterocycles. The molecule has 1 unspecified atom stereocenters. The van der Waals surface area contributed by atoms with Gasteiger partial charge in [0, 0.05) is 41.9 Å². The minimum Gasteiger partial charge on any atom is -0.350 e.